The molecule has 1 unspecified atom stereocenters. The maximum atomic E-state index is 11.3. The van der Waals surface area contributed by atoms with Crippen LogP contribution in [0.25, 0.3) is 39.4 Å². The van der Waals surface area contributed by atoms with Crippen LogP contribution in [0.1, 0.15) is 63.3 Å². The summed E-state index contributed by atoms with van der Waals surface area (Å²) in [6, 6.07) is 9.50. The van der Waals surface area contributed by atoms with Crippen molar-refractivity contribution in [2.75, 3.05) is 18.1 Å². The Labute approximate surface area is 216 Å². The van der Waals surface area contributed by atoms with Gasteiger partial charge < -0.3 is 26.3 Å². The summed E-state index contributed by atoms with van der Waals surface area (Å²) in [7, 11) is 0. The Balaban J connectivity index is 1.59. The van der Waals surface area contributed by atoms with Gasteiger partial charge in [0.05, 0.1) is 28.8 Å². The summed E-state index contributed by atoms with van der Waals surface area (Å²) in [6.07, 6.45) is 8.71. The molecule has 1 saturated carbocycles. The molecule has 6 rings (SSSR count). The molecule has 7 nitrogen and oxygen atoms in total. The fraction of sp³-hybridized carbons (Fsp3) is 0.400. The molecule has 2 heterocycles. The molecule has 37 heavy (non-hydrogen) atoms. The quantitative estimate of drug-likeness (QED) is 0.243. The van der Waals surface area contributed by atoms with Crippen molar-refractivity contribution in [1.82, 2.24) is 15.0 Å². The first-order chi connectivity index (χ1) is 17.7. The maximum absolute atomic E-state index is 11.3. The number of nitrogens with one attached hydrogen (secondary N) is 1. The lowest BCUT2D eigenvalue weighted by atomic mass is 9.84. The second-order valence-corrected chi connectivity index (χ2v) is 10.9. The van der Waals surface area contributed by atoms with Gasteiger partial charge in [-0.15, -0.1) is 0 Å². The van der Waals surface area contributed by atoms with Crippen LogP contribution in [0.3, 0.4) is 0 Å². The van der Waals surface area contributed by atoms with Gasteiger partial charge in [0.15, 0.2) is 5.82 Å². The van der Waals surface area contributed by atoms with E-state index >= 15 is 0 Å². The number of anilines is 2. The van der Waals surface area contributed by atoms with Gasteiger partial charge >= 0.3 is 0 Å². The van der Waals surface area contributed by atoms with E-state index in [1.54, 1.807) is 0 Å². The molecule has 0 spiro atoms. The van der Waals surface area contributed by atoms with Gasteiger partial charge in [-0.2, -0.15) is 0 Å². The minimum atomic E-state index is -0.928. The highest BCUT2D eigenvalue weighted by atomic mass is 16.5. The molecule has 6 N–H and O–H groups in total. The van der Waals surface area contributed by atoms with E-state index in [9.17, 15) is 5.11 Å². The molecule has 0 amide bonds. The monoisotopic (exact) mass is 497 g/mol. The van der Waals surface area contributed by atoms with Gasteiger partial charge in [0.25, 0.3) is 0 Å². The number of nitrogen functional groups attached to an aromatic ring is 2. The summed E-state index contributed by atoms with van der Waals surface area (Å²) in [5, 5.41) is 12.3. The van der Waals surface area contributed by atoms with Crippen molar-refractivity contribution in [2.24, 2.45) is 5.92 Å². The molecule has 1 fully saturated rings. The molecule has 192 valence electrons. The molecule has 2 aliphatic carbocycles. The molecular formula is C30H35N5O2. The highest BCUT2D eigenvalue weighted by Crippen LogP contribution is 2.42. The number of rotatable bonds is 7. The van der Waals surface area contributed by atoms with Gasteiger partial charge in [-0.25, -0.2) is 9.97 Å². The van der Waals surface area contributed by atoms with Crippen LogP contribution < -0.4 is 11.5 Å². The summed E-state index contributed by atoms with van der Waals surface area (Å²) in [6.45, 7) is 6.95. The second kappa shape index (κ2) is 8.57. The van der Waals surface area contributed by atoms with E-state index in [4.69, 9.17) is 26.2 Å². The number of imidazole rings is 1. The number of pyridine rings is 1. The molecule has 2 aromatic heterocycles. The molecule has 0 radical (unpaired) electrons. The smallest absolute Gasteiger partial charge is 0.164 e. The molecule has 2 aliphatic rings. The van der Waals surface area contributed by atoms with Crippen molar-refractivity contribution in [3.63, 3.8) is 0 Å². The van der Waals surface area contributed by atoms with Crippen molar-refractivity contribution in [3.8, 4) is 11.4 Å². The minimum Gasteiger partial charge on any atom is -0.398 e. The molecule has 0 bridgehead atoms. The third kappa shape index (κ3) is 3.97. The fourth-order valence-corrected chi connectivity index (χ4v) is 5.51. The summed E-state index contributed by atoms with van der Waals surface area (Å²) in [4.78, 5) is 13.6. The van der Waals surface area contributed by atoms with Gasteiger partial charge in [-0.3, -0.25) is 0 Å². The van der Waals surface area contributed by atoms with Crippen LogP contribution in [0.15, 0.2) is 36.4 Å². The topological polar surface area (TPSA) is 123 Å². The summed E-state index contributed by atoms with van der Waals surface area (Å²) < 4.78 is 6.44. The van der Waals surface area contributed by atoms with Crippen LogP contribution in [0, 0.1) is 5.92 Å². The number of aromatic amines is 1. The Morgan fingerprint density at radius 1 is 1.08 bits per heavy atom. The number of nitrogens with zero attached hydrogens (tertiary/aromatic N) is 2. The Kier molecular flexibility index (Phi) is 5.55. The van der Waals surface area contributed by atoms with E-state index in [1.807, 2.05) is 38.1 Å². The zero-order chi connectivity index (χ0) is 25.9. The van der Waals surface area contributed by atoms with Crippen molar-refractivity contribution >= 4 is 39.4 Å². The van der Waals surface area contributed by atoms with Crippen LogP contribution in [0.2, 0.25) is 0 Å². The molecule has 0 aliphatic heterocycles. The van der Waals surface area contributed by atoms with Crippen LogP contribution >= 0.6 is 0 Å². The molecule has 7 heteroatoms. The number of hydrogen-bond donors (Lipinski definition) is 4. The Bertz CT molecular complexity index is 1530. The summed E-state index contributed by atoms with van der Waals surface area (Å²) in [5.41, 5.74) is 18.5. The van der Waals surface area contributed by atoms with E-state index < -0.39 is 11.2 Å². The lowest BCUT2D eigenvalue weighted by Crippen LogP contribution is -2.32. The van der Waals surface area contributed by atoms with Crippen molar-refractivity contribution in [2.45, 2.75) is 64.1 Å². The molecule has 2 aromatic carbocycles. The third-order valence-corrected chi connectivity index (χ3v) is 8.24. The van der Waals surface area contributed by atoms with Crippen LogP contribution in [-0.2, 0) is 16.8 Å². The highest BCUT2D eigenvalue weighted by Gasteiger charge is 2.34. The number of hydrogen-bond acceptors (Lipinski definition) is 6. The van der Waals surface area contributed by atoms with Gasteiger partial charge in [-0.1, -0.05) is 32.1 Å². The van der Waals surface area contributed by atoms with E-state index in [2.05, 4.69) is 30.1 Å². The van der Waals surface area contributed by atoms with Crippen LogP contribution in [-0.4, -0.2) is 32.3 Å². The number of aliphatic hydroxyl groups is 1. The largest absolute Gasteiger partial charge is 0.398 e. The molecule has 1 atom stereocenters. The van der Waals surface area contributed by atoms with E-state index in [1.165, 1.54) is 12.8 Å². The maximum Gasteiger partial charge on any atom is 0.164 e. The predicted octanol–water partition coefficient (Wildman–Crippen LogP) is 5.70. The lowest BCUT2D eigenvalue weighted by molar-refractivity contribution is -0.000406. The first-order valence-corrected chi connectivity index (χ1v) is 13.3. The van der Waals surface area contributed by atoms with Crippen LogP contribution in [0.5, 0.6) is 0 Å². The Morgan fingerprint density at radius 2 is 1.78 bits per heavy atom. The van der Waals surface area contributed by atoms with Gasteiger partial charge in [0.2, 0.25) is 0 Å². The first kappa shape index (κ1) is 23.9. The zero-order valence-electron chi connectivity index (χ0n) is 21.8. The number of ether oxygens (including phenoxy) is 1. The third-order valence-electron chi connectivity index (χ3n) is 8.24. The van der Waals surface area contributed by atoms with Crippen molar-refractivity contribution < 1.29 is 9.84 Å². The van der Waals surface area contributed by atoms with Gasteiger partial charge in [-0.05, 0) is 68.4 Å². The molecular weight excluding hydrogens is 462 g/mol. The van der Waals surface area contributed by atoms with Gasteiger partial charge in [0, 0.05) is 34.4 Å². The van der Waals surface area contributed by atoms with Crippen LogP contribution in [0.4, 0.5) is 11.4 Å². The van der Waals surface area contributed by atoms with E-state index in [-0.39, 0.29) is 0 Å². The van der Waals surface area contributed by atoms with E-state index in [0.29, 0.717) is 47.9 Å². The Morgan fingerprint density at radius 3 is 2.46 bits per heavy atom. The summed E-state index contributed by atoms with van der Waals surface area (Å²) >= 11 is 0. The molecule has 4 aromatic rings. The van der Waals surface area contributed by atoms with Crippen molar-refractivity contribution in [1.29, 1.82) is 0 Å². The second-order valence-electron chi connectivity index (χ2n) is 10.9. The SMILES string of the molecule is CCC(O)(CC)c1ccc2c([nH]1)c1c(c3nc(-c4c(N)cccc4N)nc32)C=CC(C)(OCC2CC2)C1. The number of aromatic nitrogens is 3. The average Bonchev–Trinajstić information content (AvgIpc) is 3.64. The first-order valence-electron chi connectivity index (χ1n) is 13.3. The normalized spacial score (nSPS) is 19.6. The minimum absolute atomic E-state index is 0.414. The zero-order valence-corrected chi connectivity index (χ0v) is 21.8. The number of nitrogens with two attached hydrogens (primary N) is 2. The highest BCUT2D eigenvalue weighted by molar-refractivity contribution is 6.10. The average molecular weight is 498 g/mol. The lowest BCUT2D eigenvalue weighted by Gasteiger charge is -2.32. The number of fused-ring (bicyclic) bond motifs is 6. The van der Waals surface area contributed by atoms with Crippen molar-refractivity contribution in [3.05, 3.63) is 53.2 Å². The summed E-state index contributed by atoms with van der Waals surface area (Å²) in [5.74, 6) is 1.20. The fourth-order valence-electron chi connectivity index (χ4n) is 5.51. The molecule has 0 saturated heterocycles. The standard InChI is InChI=1S/C30H35N5O2/c1-4-30(36,5-2)23-12-11-19-25(33-23)20-15-29(3,37-16-17-9-10-17)14-13-18(20)26-27(19)35-28(34-26)24-21(31)7-6-8-22(24)32/h6-8,11-14,17,33,36H,4-5,9-10,15-16,31-32H2,1-3H3. The number of H-pyrrole nitrogens is 1. The van der Waals surface area contributed by atoms with Gasteiger partial charge in [0.1, 0.15) is 11.1 Å². The number of benzene rings is 2. The Hall–Kier alpha value is -3.42. The predicted molar refractivity (Wildman–Crippen MR) is 150 cm³/mol. The van der Waals surface area contributed by atoms with E-state index in [0.717, 1.165) is 45.4 Å².